The predicted octanol–water partition coefficient (Wildman–Crippen LogP) is 5.07. The van der Waals surface area contributed by atoms with E-state index in [1.807, 2.05) is 18.2 Å². The lowest BCUT2D eigenvalue weighted by Gasteiger charge is -2.16. The SMILES string of the molecule is CCNCC(Cc1ccc(Cl)cc1)Cc1ccc(Cl)s1. The Labute approximate surface area is 134 Å². The molecular weight excluding hydrogens is 309 g/mol. The summed E-state index contributed by atoms with van der Waals surface area (Å²) < 4.78 is 0.869. The molecule has 1 aromatic carbocycles. The van der Waals surface area contributed by atoms with Crippen LogP contribution in [0.4, 0.5) is 0 Å². The summed E-state index contributed by atoms with van der Waals surface area (Å²) in [4.78, 5) is 1.35. The van der Waals surface area contributed by atoms with E-state index in [2.05, 4.69) is 30.4 Å². The Hall–Kier alpha value is -0.540. The maximum Gasteiger partial charge on any atom is 0.0931 e. The number of nitrogens with one attached hydrogen (secondary N) is 1. The van der Waals surface area contributed by atoms with Crippen LogP contribution in [0.1, 0.15) is 17.4 Å². The molecule has 0 amide bonds. The second kappa shape index (κ2) is 8.04. The molecule has 108 valence electrons. The molecule has 20 heavy (non-hydrogen) atoms. The molecule has 4 heteroatoms. The fraction of sp³-hybridized carbons (Fsp3) is 0.375. The summed E-state index contributed by atoms with van der Waals surface area (Å²) >= 11 is 13.6. The van der Waals surface area contributed by atoms with Gasteiger partial charge in [0, 0.05) is 9.90 Å². The maximum absolute atomic E-state index is 6.01. The van der Waals surface area contributed by atoms with Gasteiger partial charge in [-0.15, -0.1) is 11.3 Å². The van der Waals surface area contributed by atoms with Crippen LogP contribution in [0.2, 0.25) is 9.36 Å². The van der Waals surface area contributed by atoms with Crippen LogP contribution in [0.25, 0.3) is 0 Å². The van der Waals surface area contributed by atoms with Gasteiger partial charge in [0.2, 0.25) is 0 Å². The van der Waals surface area contributed by atoms with Crippen molar-refractivity contribution < 1.29 is 0 Å². The van der Waals surface area contributed by atoms with Crippen molar-refractivity contribution in [3.05, 3.63) is 56.2 Å². The molecule has 1 nitrogen and oxygen atoms in total. The van der Waals surface area contributed by atoms with Crippen LogP contribution in [-0.2, 0) is 12.8 Å². The van der Waals surface area contributed by atoms with Crippen molar-refractivity contribution in [1.29, 1.82) is 0 Å². The minimum Gasteiger partial charge on any atom is -0.317 e. The van der Waals surface area contributed by atoms with Gasteiger partial charge in [-0.2, -0.15) is 0 Å². The first-order chi connectivity index (χ1) is 9.67. The van der Waals surface area contributed by atoms with E-state index < -0.39 is 0 Å². The summed E-state index contributed by atoms with van der Waals surface area (Å²) in [7, 11) is 0. The highest BCUT2D eigenvalue weighted by atomic mass is 35.5. The molecule has 0 saturated carbocycles. The first kappa shape index (κ1) is 15.8. The van der Waals surface area contributed by atoms with Gasteiger partial charge < -0.3 is 5.32 Å². The van der Waals surface area contributed by atoms with E-state index in [4.69, 9.17) is 23.2 Å². The molecule has 1 unspecified atom stereocenters. The van der Waals surface area contributed by atoms with Crippen LogP contribution >= 0.6 is 34.5 Å². The standard InChI is InChI=1S/C16H19Cl2NS/c1-2-19-11-13(10-15-7-8-16(18)20-15)9-12-3-5-14(17)6-4-12/h3-8,13,19H,2,9-11H2,1H3. The Kier molecular flexibility index (Phi) is 6.37. The molecule has 1 aromatic heterocycles. The highest BCUT2D eigenvalue weighted by Gasteiger charge is 2.12. The largest absolute Gasteiger partial charge is 0.317 e. The number of rotatable bonds is 7. The lowest BCUT2D eigenvalue weighted by Crippen LogP contribution is -2.25. The zero-order valence-electron chi connectivity index (χ0n) is 11.5. The summed E-state index contributed by atoms with van der Waals surface area (Å²) in [5.41, 5.74) is 1.33. The molecule has 1 N–H and O–H groups in total. The third-order valence-corrected chi connectivity index (χ3v) is 4.74. The van der Waals surface area contributed by atoms with Crippen molar-refractivity contribution in [3.63, 3.8) is 0 Å². The molecule has 1 atom stereocenters. The fourth-order valence-corrected chi connectivity index (χ4v) is 3.59. The molecule has 0 aliphatic rings. The molecule has 0 aliphatic carbocycles. The second-order valence-electron chi connectivity index (χ2n) is 4.91. The molecule has 2 rings (SSSR count). The van der Waals surface area contributed by atoms with Gasteiger partial charge in [-0.25, -0.2) is 0 Å². The Bertz CT molecular complexity index is 522. The topological polar surface area (TPSA) is 12.0 Å². The van der Waals surface area contributed by atoms with E-state index in [1.54, 1.807) is 11.3 Å². The summed E-state index contributed by atoms with van der Waals surface area (Å²) in [6, 6.07) is 12.3. The zero-order valence-corrected chi connectivity index (χ0v) is 13.9. The molecule has 0 radical (unpaired) electrons. The van der Waals surface area contributed by atoms with Gasteiger partial charge in [0.15, 0.2) is 0 Å². The second-order valence-corrected chi connectivity index (χ2v) is 7.15. The summed E-state index contributed by atoms with van der Waals surface area (Å²) in [6.45, 7) is 4.17. The first-order valence-corrected chi connectivity index (χ1v) is 8.44. The fourth-order valence-electron chi connectivity index (χ4n) is 2.26. The quantitative estimate of drug-likeness (QED) is 0.748. The van der Waals surface area contributed by atoms with Gasteiger partial charge in [0.1, 0.15) is 0 Å². The van der Waals surface area contributed by atoms with Crippen molar-refractivity contribution in [3.8, 4) is 0 Å². The summed E-state index contributed by atoms with van der Waals surface area (Å²) in [6.07, 6.45) is 2.12. The van der Waals surface area contributed by atoms with E-state index in [1.165, 1.54) is 10.4 Å². The van der Waals surface area contributed by atoms with Crippen LogP contribution in [-0.4, -0.2) is 13.1 Å². The van der Waals surface area contributed by atoms with E-state index in [0.717, 1.165) is 35.3 Å². The highest BCUT2D eigenvalue weighted by molar-refractivity contribution is 7.16. The first-order valence-electron chi connectivity index (χ1n) is 6.86. The smallest absolute Gasteiger partial charge is 0.0931 e. The van der Waals surface area contributed by atoms with Crippen molar-refractivity contribution in [2.24, 2.45) is 5.92 Å². The predicted molar refractivity (Wildman–Crippen MR) is 90.2 cm³/mol. The number of halogens is 2. The summed E-state index contributed by atoms with van der Waals surface area (Å²) in [5.74, 6) is 0.575. The Morgan fingerprint density at radius 2 is 1.80 bits per heavy atom. The van der Waals surface area contributed by atoms with Gasteiger partial charge in [-0.1, -0.05) is 42.3 Å². The Balaban J connectivity index is 2.00. The van der Waals surface area contributed by atoms with E-state index in [9.17, 15) is 0 Å². The van der Waals surface area contributed by atoms with Gasteiger partial charge in [-0.3, -0.25) is 0 Å². The van der Waals surface area contributed by atoms with Crippen LogP contribution < -0.4 is 5.32 Å². The Morgan fingerprint density at radius 3 is 2.40 bits per heavy atom. The van der Waals surface area contributed by atoms with Crippen LogP contribution in [0.15, 0.2) is 36.4 Å². The van der Waals surface area contributed by atoms with Gasteiger partial charge >= 0.3 is 0 Å². The normalized spacial score (nSPS) is 12.6. The molecule has 0 aliphatic heterocycles. The highest BCUT2D eigenvalue weighted by Crippen LogP contribution is 2.25. The summed E-state index contributed by atoms with van der Waals surface area (Å²) in [5, 5.41) is 4.25. The number of benzene rings is 1. The van der Waals surface area contributed by atoms with Crippen molar-refractivity contribution in [1.82, 2.24) is 5.32 Å². The average molecular weight is 328 g/mol. The molecule has 0 bridgehead atoms. The van der Waals surface area contributed by atoms with Gasteiger partial charge in [0.25, 0.3) is 0 Å². The zero-order chi connectivity index (χ0) is 14.4. The van der Waals surface area contributed by atoms with Gasteiger partial charge in [0.05, 0.1) is 4.34 Å². The molecule has 1 heterocycles. The van der Waals surface area contributed by atoms with Crippen LogP contribution in [0, 0.1) is 5.92 Å². The molecule has 2 aromatic rings. The van der Waals surface area contributed by atoms with E-state index in [-0.39, 0.29) is 0 Å². The number of hydrogen-bond acceptors (Lipinski definition) is 2. The third kappa shape index (κ3) is 5.10. The monoisotopic (exact) mass is 327 g/mol. The van der Waals surface area contributed by atoms with Crippen LogP contribution in [0.5, 0.6) is 0 Å². The molecule has 0 fully saturated rings. The van der Waals surface area contributed by atoms with E-state index >= 15 is 0 Å². The number of hydrogen-bond donors (Lipinski definition) is 1. The maximum atomic E-state index is 6.01. The van der Waals surface area contributed by atoms with Crippen molar-refractivity contribution in [2.75, 3.05) is 13.1 Å². The molecule has 0 spiro atoms. The number of thiophene rings is 1. The minimum atomic E-state index is 0.575. The minimum absolute atomic E-state index is 0.575. The van der Waals surface area contributed by atoms with Crippen molar-refractivity contribution >= 4 is 34.5 Å². The molecular formula is C16H19Cl2NS. The lowest BCUT2D eigenvalue weighted by molar-refractivity contribution is 0.481. The van der Waals surface area contributed by atoms with Gasteiger partial charge in [-0.05, 0) is 61.7 Å². The lowest BCUT2D eigenvalue weighted by atomic mass is 9.95. The molecule has 0 saturated heterocycles. The average Bonchev–Trinajstić information content (AvgIpc) is 2.84. The van der Waals surface area contributed by atoms with Crippen molar-refractivity contribution in [2.45, 2.75) is 19.8 Å². The van der Waals surface area contributed by atoms with Crippen LogP contribution in [0.3, 0.4) is 0 Å². The third-order valence-electron chi connectivity index (χ3n) is 3.24. The van der Waals surface area contributed by atoms with E-state index in [0.29, 0.717) is 5.92 Å². The Morgan fingerprint density at radius 1 is 1.05 bits per heavy atom.